The van der Waals surface area contributed by atoms with Crippen molar-refractivity contribution in [1.82, 2.24) is 10.6 Å². The summed E-state index contributed by atoms with van der Waals surface area (Å²) in [7, 11) is 3.16. The molecular formula is C18H24N2O3S. The molecule has 0 spiro atoms. The van der Waals surface area contributed by atoms with Crippen molar-refractivity contribution in [2.75, 3.05) is 14.2 Å². The summed E-state index contributed by atoms with van der Waals surface area (Å²) in [4.78, 5) is 12.0. The van der Waals surface area contributed by atoms with Crippen LogP contribution < -0.4 is 20.1 Å². The Morgan fingerprint density at radius 2 is 1.88 bits per heavy atom. The number of carbonyl (C=O) groups excluding carboxylic acids is 1. The summed E-state index contributed by atoms with van der Waals surface area (Å²) in [6, 6.07) is 5.83. The second kappa shape index (κ2) is 9.27. The van der Waals surface area contributed by atoms with Crippen molar-refractivity contribution in [3.63, 3.8) is 0 Å². The lowest BCUT2D eigenvalue weighted by Gasteiger charge is -2.23. The van der Waals surface area contributed by atoms with Gasteiger partial charge in [-0.15, -0.1) is 0 Å². The molecule has 0 aromatic heterocycles. The zero-order valence-electron chi connectivity index (χ0n) is 14.1. The normalized spacial score (nSPS) is 15.1. The van der Waals surface area contributed by atoms with Crippen LogP contribution in [0, 0.1) is 0 Å². The minimum absolute atomic E-state index is 0.252. The molecule has 6 heteroatoms. The Kier molecular flexibility index (Phi) is 7.06. The van der Waals surface area contributed by atoms with E-state index in [0.717, 1.165) is 18.4 Å². The van der Waals surface area contributed by atoms with Crippen molar-refractivity contribution in [1.29, 1.82) is 0 Å². The van der Waals surface area contributed by atoms with Crippen LogP contribution in [0.25, 0.3) is 6.08 Å². The van der Waals surface area contributed by atoms with Crippen LogP contribution >= 0.6 is 12.2 Å². The molecule has 1 aliphatic rings. The molecule has 0 radical (unpaired) electrons. The van der Waals surface area contributed by atoms with Crippen molar-refractivity contribution in [2.45, 2.75) is 38.1 Å². The van der Waals surface area contributed by atoms with E-state index in [1.54, 1.807) is 32.4 Å². The molecule has 1 aromatic rings. The first kappa shape index (κ1) is 18.3. The number of benzene rings is 1. The average molecular weight is 348 g/mol. The van der Waals surface area contributed by atoms with E-state index in [-0.39, 0.29) is 5.91 Å². The first-order chi connectivity index (χ1) is 11.6. The monoisotopic (exact) mass is 348 g/mol. The Labute approximate surface area is 148 Å². The molecule has 0 unspecified atom stereocenters. The summed E-state index contributed by atoms with van der Waals surface area (Å²) in [5.41, 5.74) is 0.842. The number of rotatable bonds is 5. The third kappa shape index (κ3) is 5.53. The Balaban J connectivity index is 1.86. The number of amides is 1. The van der Waals surface area contributed by atoms with E-state index >= 15 is 0 Å². The van der Waals surface area contributed by atoms with Gasteiger partial charge in [0.15, 0.2) is 16.6 Å². The highest BCUT2D eigenvalue weighted by atomic mass is 32.1. The van der Waals surface area contributed by atoms with Crippen molar-refractivity contribution >= 4 is 29.3 Å². The number of methoxy groups -OCH3 is 2. The molecule has 0 aliphatic heterocycles. The van der Waals surface area contributed by atoms with E-state index in [9.17, 15) is 4.79 Å². The molecule has 1 fully saturated rings. The van der Waals surface area contributed by atoms with Gasteiger partial charge in [0.2, 0.25) is 5.91 Å². The minimum Gasteiger partial charge on any atom is -0.493 e. The molecule has 130 valence electrons. The lowest BCUT2D eigenvalue weighted by atomic mass is 9.96. The maximum absolute atomic E-state index is 12.0. The molecule has 1 amide bonds. The van der Waals surface area contributed by atoms with E-state index in [2.05, 4.69) is 10.6 Å². The van der Waals surface area contributed by atoms with Gasteiger partial charge in [0.1, 0.15) is 0 Å². The molecule has 5 nitrogen and oxygen atoms in total. The fraction of sp³-hybridized carbons (Fsp3) is 0.444. The molecule has 2 N–H and O–H groups in total. The third-order valence-corrected chi connectivity index (χ3v) is 4.23. The second-order valence-electron chi connectivity index (χ2n) is 5.75. The quantitative estimate of drug-likeness (QED) is 0.633. The van der Waals surface area contributed by atoms with Gasteiger partial charge in [-0.05, 0) is 48.8 Å². The van der Waals surface area contributed by atoms with Crippen LogP contribution in [0.15, 0.2) is 24.3 Å². The van der Waals surface area contributed by atoms with Gasteiger partial charge >= 0.3 is 0 Å². The van der Waals surface area contributed by atoms with Gasteiger partial charge in [0.25, 0.3) is 0 Å². The van der Waals surface area contributed by atoms with E-state index in [0.29, 0.717) is 22.7 Å². The van der Waals surface area contributed by atoms with Gasteiger partial charge in [0, 0.05) is 12.1 Å². The summed E-state index contributed by atoms with van der Waals surface area (Å²) >= 11 is 5.20. The van der Waals surface area contributed by atoms with Crippen molar-refractivity contribution in [2.24, 2.45) is 0 Å². The highest BCUT2D eigenvalue weighted by molar-refractivity contribution is 7.80. The maximum atomic E-state index is 12.0. The average Bonchev–Trinajstić information content (AvgIpc) is 2.60. The molecular weight excluding hydrogens is 324 g/mol. The zero-order valence-corrected chi connectivity index (χ0v) is 14.9. The van der Waals surface area contributed by atoms with Crippen LogP contribution in [-0.4, -0.2) is 31.3 Å². The number of carbonyl (C=O) groups is 1. The van der Waals surface area contributed by atoms with Gasteiger partial charge in [0.05, 0.1) is 14.2 Å². The molecule has 0 bridgehead atoms. The first-order valence-electron chi connectivity index (χ1n) is 8.14. The lowest BCUT2D eigenvalue weighted by molar-refractivity contribution is -0.115. The molecule has 24 heavy (non-hydrogen) atoms. The topological polar surface area (TPSA) is 59.6 Å². The second-order valence-corrected chi connectivity index (χ2v) is 6.15. The Bertz CT molecular complexity index is 610. The van der Waals surface area contributed by atoms with Gasteiger partial charge < -0.3 is 14.8 Å². The minimum atomic E-state index is -0.252. The number of hydrogen-bond donors (Lipinski definition) is 2. The Hall–Kier alpha value is -2.08. The van der Waals surface area contributed by atoms with Crippen LogP contribution in [0.5, 0.6) is 11.5 Å². The van der Waals surface area contributed by atoms with Crippen LogP contribution in [0.1, 0.15) is 37.7 Å². The number of ether oxygens (including phenoxy) is 2. The Morgan fingerprint density at radius 3 is 2.54 bits per heavy atom. The smallest absolute Gasteiger partial charge is 0.250 e. The van der Waals surface area contributed by atoms with Gasteiger partial charge in [-0.3, -0.25) is 10.1 Å². The summed E-state index contributed by atoms with van der Waals surface area (Å²) < 4.78 is 10.4. The maximum Gasteiger partial charge on any atom is 0.250 e. The van der Waals surface area contributed by atoms with Crippen LogP contribution in [0.2, 0.25) is 0 Å². The standard InChI is InChI=1S/C18H24N2O3S/c1-22-15-10-8-13(12-16(15)23-2)9-11-17(21)20-18(24)19-14-6-4-3-5-7-14/h8-12,14H,3-7H2,1-2H3,(H2,19,20,21,24)/b11-9+. The molecule has 2 rings (SSSR count). The first-order valence-corrected chi connectivity index (χ1v) is 8.55. The van der Waals surface area contributed by atoms with E-state index in [1.807, 2.05) is 6.07 Å². The molecule has 0 heterocycles. The molecule has 1 aromatic carbocycles. The molecule has 0 saturated heterocycles. The van der Waals surface area contributed by atoms with Crippen LogP contribution in [0.4, 0.5) is 0 Å². The number of nitrogens with one attached hydrogen (secondary N) is 2. The van der Waals surface area contributed by atoms with Crippen molar-refractivity contribution in [3.05, 3.63) is 29.8 Å². The number of hydrogen-bond acceptors (Lipinski definition) is 4. The third-order valence-electron chi connectivity index (χ3n) is 4.01. The predicted octanol–water partition coefficient (Wildman–Crippen LogP) is 3.04. The SMILES string of the molecule is COc1ccc(/C=C/C(=O)NC(=S)NC2CCCCC2)cc1OC. The fourth-order valence-electron chi connectivity index (χ4n) is 2.75. The van der Waals surface area contributed by atoms with Crippen molar-refractivity contribution in [3.8, 4) is 11.5 Å². The highest BCUT2D eigenvalue weighted by Gasteiger charge is 2.14. The van der Waals surface area contributed by atoms with Crippen molar-refractivity contribution < 1.29 is 14.3 Å². The predicted molar refractivity (Wildman–Crippen MR) is 99.3 cm³/mol. The highest BCUT2D eigenvalue weighted by Crippen LogP contribution is 2.27. The fourth-order valence-corrected chi connectivity index (χ4v) is 3.02. The number of thiocarbonyl (C=S) groups is 1. The van der Waals surface area contributed by atoms with Crippen LogP contribution in [0.3, 0.4) is 0 Å². The lowest BCUT2D eigenvalue weighted by Crippen LogP contribution is -2.44. The Morgan fingerprint density at radius 1 is 1.17 bits per heavy atom. The largest absolute Gasteiger partial charge is 0.493 e. The van der Waals surface area contributed by atoms with E-state index in [4.69, 9.17) is 21.7 Å². The summed E-state index contributed by atoms with van der Waals surface area (Å²) in [5, 5.41) is 6.29. The molecule has 0 atom stereocenters. The molecule has 1 aliphatic carbocycles. The molecule has 1 saturated carbocycles. The summed E-state index contributed by atoms with van der Waals surface area (Å²) in [6.45, 7) is 0. The zero-order chi connectivity index (χ0) is 17.4. The van der Waals surface area contributed by atoms with Gasteiger partial charge in [-0.1, -0.05) is 25.3 Å². The van der Waals surface area contributed by atoms with Crippen LogP contribution in [-0.2, 0) is 4.79 Å². The van der Waals surface area contributed by atoms with E-state index in [1.165, 1.54) is 25.3 Å². The summed E-state index contributed by atoms with van der Waals surface area (Å²) in [6.07, 6.45) is 9.10. The van der Waals surface area contributed by atoms with Gasteiger partial charge in [-0.25, -0.2) is 0 Å². The van der Waals surface area contributed by atoms with E-state index < -0.39 is 0 Å². The van der Waals surface area contributed by atoms with Gasteiger partial charge in [-0.2, -0.15) is 0 Å². The summed E-state index contributed by atoms with van der Waals surface area (Å²) in [5.74, 6) is 1.02.